The Morgan fingerprint density at radius 1 is 0.767 bits per heavy atom. The van der Waals surface area contributed by atoms with E-state index in [1.165, 1.54) is 0 Å². The van der Waals surface area contributed by atoms with E-state index < -0.39 is 5.60 Å². The van der Waals surface area contributed by atoms with E-state index >= 15 is 0 Å². The second-order valence-electron chi connectivity index (χ2n) is 7.86. The zero-order valence-corrected chi connectivity index (χ0v) is 18.0. The lowest BCUT2D eigenvalue weighted by Gasteiger charge is -2.31. The van der Waals surface area contributed by atoms with Gasteiger partial charge in [-0.1, -0.05) is 30.3 Å². The molecule has 4 rings (SSSR count). The molecule has 0 radical (unpaired) electrons. The van der Waals surface area contributed by atoms with E-state index in [4.69, 9.17) is 9.47 Å². The van der Waals surface area contributed by atoms with Gasteiger partial charge in [-0.05, 0) is 36.4 Å². The first-order valence-corrected chi connectivity index (χ1v) is 9.84. The third-order valence-electron chi connectivity index (χ3n) is 5.65. The predicted molar refractivity (Wildman–Crippen MR) is 120 cm³/mol. The van der Waals surface area contributed by atoms with Crippen molar-refractivity contribution in [3.63, 3.8) is 0 Å². The summed E-state index contributed by atoms with van der Waals surface area (Å²) in [5, 5.41) is 0. The Bertz CT molecular complexity index is 1070. The molecule has 1 unspecified atom stereocenters. The largest absolute Gasteiger partial charge is 0.497 e. The number of cyclic esters (lactones) is 1. The van der Waals surface area contributed by atoms with Crippen molar-refractivity contribution in [2.75, 3.05) is 45.1 Å². The van der Waals surface area contributed by atoms with Crippen LogP contribution in [0.4, 0.5) is 11.4 Å². The number of ether oxygens (including phenoxy) is 2. The van der Waals surface area contributed by atoms with Crippen LogP contribution >= 0.6 is 0 Å². The lowest BCUT2D eigenvalue weighted by atomic mass is 9.79. The summed E-state index contributed by atoms with van der Waals surface area (Å²) >= 11 is 0. The van der Waals surface area contributed by atoms with E-state index in [9.17, 15) is 4.79 Å². The summed E-state index contributed by atoms with van der Waals surface area (Å²) in [4.78, 5) is 17.0. The van der Waals surface area contributed by atoms with Crippen molar-refractivity contribution in [1.82, 2.24) is 0 Å². The Kier molecular flexibility index (Phi) is 4.90. The maximum atomic E-state index is 13.0. The summed E-state index contributed by atoms with van der Waals surface area (Å²) in [5.41, 5.74) is 4.26. The number of methoxy groups -OCH3 is 1. The Labute approximate surface area is 177 Å². The molecule has 0 aliphatic carbocycles. The van der Waals surface area contributed by atoms with Gasteiger partial charge in [0.25, 0.3) is 0 Å². The molecule has 30 heavy (non-hydrogen) atoms. The highest BCUT2D eigenvalue weighted by molar-refractivity contribution is 5.97. The minimum Gasteiger partial charge on any atom is -0.497 e. The van der Waals surface area contributed by atoms with Gasteiger partial charge < -0.3 is 19.3 Å². The summed E-state index contributed by atoms with van der Waals surface area (Å²) in [6.45, 7) is 0. The van der Waals surface area contributed by atoms with E-state index in [-0.39, 0.29) is 5.97 Å². The minimum absolute atomic E-state index is 0.318. The number of carbonyl (C=O) groups excluding carboxylic acids is 1. The van der Waals surface area contributed by atoms with Gasteiger partial charge in [0.1, 0.15) is 5.75 Å². The van der Waals surface area contributed by atoms with Gasteiger partial charge in [0, 0.05) is 56.3 Å². The molecule has 0 saturated heterocycles. The van der Waals surface area contributed by atoms with E-state index in [1.54, 1.807) is 7.11 Å². The molecule has 1 heterocycles. The molecular formula is C25H26N2O3. The molecular weight excluding hydrogens is 376 g/mol. The Hall–Kier alpha value is -3.47. The quantitative estimate of drug-likeness (QED) is 0.596. The van der Waals surface area contributed by atoms with Gasteiger partial charge in [0.15, 0.2) is 5.60 Å². The first-order chi connectivity index (χ1) is 14.4. The summed E-state index contributed by atoms with van der Waals surface area (Å²) < 4.78 is 11.5. The average Bonchev–Trinajstić information content (AvgIpc) is 3.06. The SMILES string of the molecule is COc1ccc(C2(c3ccc(N(C)C)cc3)OC(=O)c3cc(N(C)C)ccc32)cc1. The van der Waals surface area contributed by atoms with Crippen LogP contribution in [0.3, 0.4) is 0 Å². The molecule has 0 aromatic heterocycles. The summed E-state index contributed by atoms with van der Waals surface area (Å²) in [5.74, 6) is 0.436. The maximum Gasteiger partial charge on any atom is 0.340 e. The molecule has 154 valence electrons. The topological polar surface area (TPSA) is 42.0 Å². The van der Waals surface area contributed by atoms with Gasteiger partial charge >= 0.3 is 5.97 Å². The van der Waals surface area contributed by atoms with Crippen LogP contribution in [0.2, 0.25) is 0 Å². The highest BCUT2D eigenvalue weighted by Gasteiger charge is 2.48. The van der Waals surface area contributed by atoms with Crippen molar-refractivity contribution >= 4 is 17.3 Å². The van der Waals surface area contributed by atoms with Gasteiger partial charge in [0.2, 0.25) is 0 Å². The van der Waals surface area contributed by atoms with Gasteiger partial charge in [-0.15, -0.1) is 0 Å². The van der Waals surface area contributed by atoms with E-state index in [2.05, 4.69) is 0 Å². The van der Waals surface area contributed by atoms with Crippen molar-refractivity contribution in [2.45, 2.75) is 5.60 Å². The number of nitrogens with zero attached hydrogens (tertiary/aromatic N) is 2. The van der Waals surface area contributed by atoms with Crippen molar-refractivity contribution in [2.24, 2.45) is 0 Å². The molecule has 1 aliphatic heterocycles. The highest BCUT2D eigenvalue weighted by atomic mass is 16.6. The summed E-state index contributed by atoms with van der Waals surface area (Å²) in [7, 11) is 9.56. The van der Waals surface area contributed by atoms with Crippen molar-refractivity contribution in [3.05, 3.63) is 89.0 Å². The molecule has 1 atom stereocenters. The third kappa shape index (κ3) is 3.07. The monoisotopic (exact) mass is 402 g/mol. The predicted octanol–water partition coefficient (Wildman–Crippen LogP) is 4.29. The second-order valence-corrected chi connectivity index (χ2v) is 7.86. The smallest absolute Gasteiger partial charge is 0.340 e. The molecule has 0 fully saturated rings. The molecule has 3 aromatic rings. The number of carbonyl (C=O) groups is 1. The van der Waals surface area contributed by atoms with Crippen LogP contribution in [0.5, 0.6) is 5.75 Å². The van der Waals surface area contributed by atoms with Crippen LogP contribution in [-0.2, 0) is 10.3 Å². The number of fused-ring (bicyclic) bond motifs is 1. The van der Waals surface area contributed by atoms with E-state index in [0.717, 1.165) is 33.8 Å². The lowest BCUT2D eigenvalue weighted by molar-refractivity contribution is 0.0251. The molecule has 0 spiro atoms. The van der Waals surface area contributed by atoms with E-state index in [1.807, 2.05) is 105 Å². The number of hydrogen-bond donors (Lipinski definition) is 0. The van der Waals surface area contributed by atoms with Crippen molar-refractivity contribution in [3.8, 4) is 5.75 Å². The average molecular weight is 402 g/mol. The molecule has 0 bridgehead atoms. The fraction of sp³-hybridized carbons (Fsp3) is 0.240. The zero-order valence-electron chi connectivity index (χ0n) is 18.0. The zero-order chi connectivity index (χ0) is 21.5. The number of hydrogen-bond acceptors (Lipinski definition) is 5. The second kappa shape index (κ2) is 7.41. The van der Waals surface area contributed by atoms with Crippen molar-refractivity contribution < 1.29 is 14.3 Å². The number of anilines is 2. The van der Waals surface area contributed by atoms with Crippen LogP contribution in [0.25, 0.3) is 0 Å². The van der Waals surface area contributed by atoms with Crippen LogP contribution in [0.1, 0.15) is 27.0 Å². The Morgan fingerprint density at radius 3 is 1.83 bits per heavy atom. The van der Waals surface area contributed by atoms with Gasteiger partial charge in [-0.2, -0.15) is 0 Å². The fourth-order valence-electron chi connectivity index (χ4n) is 3.95. The van der Waals surface area contributed by atoms with E-state index in [0.29, 0.717) is 5.56 Å². The molecule has 3 aromatic carbocycles. The molecule has 0 saturated carbocycles. The van der Waals surface area contributed by atoms with Crippen LogP contribution in [0.15, 0.2) is 66.7 Å². The van der Waals surface area contributed by atoms with Gasteiger partial charge in [-0.25, -0.2) is 4.79 Å². The summed E-state index contributed by atoms with van der Waals surface area (Å²) in [6.07, 6.45) is 0. The highest BCUT2D eigenvalue weighted by Crippen LogP contribution is 2.48. The van der Waals surface area contributed by atoms with Gasteiger partial charge in [0.05, 0.1) is 12.7 Å². The lowest BCUT2D eigenvalue weighted by Crippen LogP contribution is -2.29. The fourth-order valence-corrected chi connectivity index (χ4v) is 3.95. The number of benzene rings is 3. The molecule has 0 N–H and O–H groups in total. The standard InChI is InChI=1S/C25H26N2O3/c1-26(2)19-10-6-17(7-11-19)25(18-8-13-21(29-5)14-9-18)23-15-12-20(27(3)4)16-22(23)24(28)30-25/h6-16H,1-5H3. The molecule has 1 aliphatic rings. The van der Waals surface area contributed by atoms with Gasteiger partial charge in [-0.3, -0.25) is 0 Å². The molecule has 0 amide bonds. The first kappa shape index (κ1) is 19.8. The molecule has 5 nitrogen and oxygen atoms in total. The Morgan fingerprint density at radius 2 is 1.30 bits per heavy atom. The molecule has 5 heteroatoms. The normalized spacial score (nSPS) is 17.3. The first-order valence-electron chi connectivity index (χ1n) is 9.84. The third-order valence-corrected chi connectivity index (χ3v) is 5.65. The number of esters is 1. The van der Waals surface area contributed by atoms with Crippen LogP contribution in [0, 0.1) is 0 Å². The van der Waals surface area contributed by atoms with Crippen molar-refractivity contribution in [1.29, 1.82) is 0 Å². The summed E-state index contributed by atoms with van der Waals surface area (Å²) in [6, 6.07) is 21.8. The Balaban J connectivity index is 1.95. The van der Waals surface area contributed by atoms with Crippen LogP contribution < -0.4 is 14.5 Å². The van der Waals surface area contributed by atoms with Crippen LogP contribution in [-0.4, -0.2) is 41.3 Å². The maximum absolute atomic E-state index is 13.0. The minimum atomic E-state index is -1.01. The number of rotatable bonds is 5.